The molecule has 0 bridgehead atoms. The standard InChI is InChI=1S/C35H44IN3O7/c1-45-31-17-23(21-41)16-27(36)34(31)46-30-20-25(35(44)37-13-15-40)19-29(33(30)43)39(32(42)11-10-22-6-2-3-7-22)14-12-26-18-24-8-4-5-9-28(24)38-26/h4-5,8-9,16-18,20,22,29-30,33,38,40-41,43H,2-3,6-7,10-15,19,21H2,1H3,(H,37,44)/t29-,30+,33+/m1/s1. The van der Waals surface area contributed by atoms with Crippen molar-refractivity contribution in [1.82, 2.24) is 15.2 Å². The molecule has 3 atom stereocenters. The molecule has 0 saturated heterocycles. The highest BCUT2D eigenvalue weighted by atomic mass is 127. The van der Waals surface area contributed by atoms with Gasteiger partial charge in [-0.15, -0.1) is 0 Å². The maximum absolute atomic E-state index is 14.0. The molecule has 0 unspecified atom stereocenters. The minimum absolute atomic E-state index is 0.0534. The van der Waals surface area contributed by atoms with Crippen molar-refractivity contribution in [2.75, 3.05) is 26.8 Å². The van der Waals surface area contributed by atoms with Gasteiger partial charge in [0.05, 0.1) is 29.9 Å². The van der Waals surface area contributed by atoms with Crippen LogP contribution < -0.4 is 14.8 Å². The monoisotopic (exact) mass is 745 g/mol. The Labute approximate surface area is 283 Å². The highest BCUT2D eigenvalue weighted by Crippen LogP contribution is 2.37. The van der Waals surface area contributed by atoms with Crippen molar-refractivity contribution >= 4 is 45.3 Å². The number of ether oxygens (including phenoxy) is 2. The number of amides is 2. The van der Waals surface area contributed by atoms with Crippen molar-refractivity contribution in [2.24, 2.45) is 5.92 Å². The number of carbonyl (C=O) groups excluding carboxylic acids is 2. The molecule has 1 aromatic heterocycles. The van der Waals surface area contributed by atoms with E-state index in [4.69, 9.17) is 9.47 Å². The number of hydrogen-bond acceptors (Lipinski definition) is 7. The van der Waals surface area contributed by atoms with Gasteiger partial charge >= 0.3 is 0 Å². The van der Waals surface area contributed by atoms with Gasteiger partial charge in [-0.2, -0.15) is 0 Å². The Bertz CT molecular complexity index is 1500. The number of H-pyrrole nitrogens is 1. The van der Waals surface area contributed by atoms with Crippen LogP contribution in [0.4, 0.5) is 0 Å². The average molecular weight is 746 g/mol. The van der Waals surface area contributed by atoms with Gasteiger partial charge in [0, 0.05) is 49.1 Å². The maximum atomic E-state index is 14.0. The number of aliphatic hydroxyl groups is 3. The topological polar surface area (TPSA) is 144 Å². The maximum Gasteiger partial charge on any atom is 0.247 e. The first kappa shape index (κ1) is 34.2. The molecule has 5 rings (SSSR count). The summed E-state index contributed by atoms with van der Waals surface area (Å²) in [6.07, 6.45) is 6.00. The van der Waals surface area contributed by atoms with Crippen LogP contribution in [0.5, 0.6) is 11.5 Å². The Morgan fingerprint density at radius 1 is 1.13 bits per heavy atom. The minimum Gasteiger partial charge on any atom is -0.493 e. The summed E-state index contributed by atoms with van der Waals surface area (Å²) >= 11 is 2.09. The number of halogens is 1. The lowest BCUT2D eigenvalue weighted by Gasteiger charge is -2.41. The van der Waals surface area contributed by atoms with Gasteiger partial charge in [-0.25, -0.2) is 0 Å². The Morgan fingerprint density at radius 2 is 1.91 bits per heavy atom. The van der Waals surface area contributed by atoms with Crippen LogP contribution in [0.15, 0.2) is 54.1 Å². The fraction of sp³-hybridized carbons (Fsp3) is 0.486. The largest absolute Gasteiger partial charge is 0.493 e. The van der Waals surface area contributed by atoms with E-state index in [-0.39, 0.29) is 38.0 Å². The molecule has 0 radical (unpaired) electrons. The van der Waals surface area contributed by atoms with Crippen LogP contribution in [-0.2, 0) is 22.6 Å². The number of carbonyl (C=O) groups is 2. The Balaban J connectivity index is 1.45. The van der Waals surface area contributed by atoms with Gasteiger partial charge in [0.15, 0.2) is 11.5 Å². The number of fused-ring (bicyclic) bond motifs is 1. The zero-order chi connectivity index (χ0) is 32.6. The van der Waals surface area contributed by atoms with E-state index in [9.17, 15) is 24.9 Å². The van der Waals surface area contributed by atoms with Crippen LogP contribution in [0.3, 0.4) is 0 Å². The molecule has 2 aromatic carbocycles. The molecule has 11 heteroatoms. The molecular weight excluding hydrogens is 701 g/mol. The predicted octanol–water partition coefficient (Wildman–Crippen LogP) is 4.23. The first-order chi connectivity index (χ1) is 22.3. The van der Waals surface area contributed by atoms with Crippen LogP contribution in [0.1, 0.15) is 56.2 Å². The Morgan fingerprint density at radius 3 is 2.63 bits per heavy atom. The molecule has 0 aliphatic heterocycles. The summed E-state index contributed by atoms with van der Waals surface area (Å²) in [5.74, 6) is 0.845. The van der Waals surface area contributed by atoms with Gasteiger partial charge in [-0.3, -0.25) is 9.59 Å². The number of nitrogens with zero attached hydrogens (tertiary/aromatic N) is 1. The van der Waals surface area contributed by atoms with Gasteiger partial charge in [0.2, 0.25) is 11.8 Å². The van der Waals surface area contributed by atoms with Gasteiger partial charge in [-0.05, 0) is 76.2 Å². The molecule has 1 saturated carbocycles. The molecule has 2 aliphatic rings. The zero-order valence-corrected chi connectivity index (χ0v) is 28.4. The number of para-hydroxylation sites is 1. The van der Waals surface area contributed by atoms with E-state index in [1.54, 1.807) is 23.1 Å². The fourth-order valence-corrected chi connectivity index (χ4v) is 7.44. The van der Waals surface area contributed by atoms with Crippen molar-refractivity contribution in [3.63, 3.8) is 0 Å². The van der Waals surface area contributed by atoms with Crippen LogP contribution in [0, 0.1) is 9.49 Å². The fourth-order valence-electron chi connectivity index (χ4n) is 6.65. The predicted molar refractivity (Wildman–Crippen MR) is 184 cm³/mol. The average Bonchev–Trinajstić information content (AvgIpc) is 3.74. The summed E-state index contributed by atoms with van der Waals surface area (Å²) in [5, 5.41) is 34.7. The van der Waals surface area contributed by atoms with Crippen LogP contribution in [0.2, 0.25) is 0 Å². The van der Waals surface area contributed by atoms with Crippen molar-refractivity contribution < 1.29 is 34.4 Å². The van der Waals surface area contributed by atoms with Gasteiger partial charge in [0.25, 0.3) is 0 Å². The van der Waals surface area contributed by atoms with Crippen LogP contribution in [0.25, 0.3) is 10.9 Å². The van der Waals surface area contributed by atoms with Crippen molar-refractivity contribution in [2.45, 2.75) is 76.2 Å². The van der Waals surface area contributed by atoms with Gasteiger partial charge < -0.3 is 40.0 Å². The van der Waals surface area contributed by atoms with E-state index in [1.807, 2.05) is 24.3 Å². The lowest BCUT2D eigenvalue weighted by atomic mass is 9.87. The second-order valence-electron chi connectivity index (χ2n) is 12.2. The highest BCUT2D eigenvalue weighted by molar-refractivity contribution is 14.1. The number of benzene rings is 2. The summed E-state index contributed by atoms with van der Waals surface area (Å²) in [5.41, 5.74) is 3.01. The second-order valence-corrected chi connectivity index (χ2v) is 13.4. The third-order valence-electron chi connectivity index (χ3n) is 9.11. The first-order valence-corrected chi connectivity index (χ1v) is 17.2. The van der Waals surface area contributed by atoms with Crippen LogP contribution >= 0.6 is 22.6 Å². The Kier molecular flexibility index (Phi) is 12.0. The van der Waals surface area contributed by atoms with Crippen molar-refractivity contribution in [1.29, 1.82) is 0 Å². The van der Waals surface area contributed by atoms with Gasteiger partial charge in [-0.1, -0.05) is 43.9 Å². The van der Waals surface area contributed by atoms with Crippen LogP contribution in [-0.4, -0.2) is 82.1 Å². The van der Waals surface area contributed by atoms with E-state index in [0.29, 0.717) is 51.5 Å². The number of aromatic amines is 1. The molecule has 3 aromatic rings. The molecule has 46 heavy (non-hydrogen) atoms. The molecule has 2 amide bonds. The smallest absolute Gasteiger partial charge is 0.247 e. The van der Waals surface area contributed by atoms with E-state index in [2.05, 4.69) is 39.0 Å². The molecule has 2 aliphatic carbocycles. The normalized spacial score (nSPS) is 20.0. The Hall–Kier alpha value is -3.13. The van der Waals surface area contributed by atoms with Crippen molar-refractivity contribution in [3.8, 4) is 11.5 Å². The number of aromatic nitrogens is 1. The minimum atomic E-state index is -1.15. The quantitative estimate of drug-likeness (QED) is 0.156. The number of hydrogen-bond donors (Lipinski definition) is 5. The molecule has 0 spiro atoms. The number of rotatable bonds is 14. The lowest BCUT2D eigenvalue weighted by molar-refractivity contribution is -0.138. The number of nitrogens with one attached hydrogen (secondary N) is 2. The van der Waals surface area contributed by atoms with E-state index >= 15 is 0 Å². The molecule has 5 N–H and O–H groups in total. The number of aliphatic hydroxyl groups excluding tert-OH is 3. The number of methoxy groups -OCH3 is 1. The third-order valence-corrected chi connectivity index (χ3v) is 9.91. The highest BCUT2D eigenvalue weighted by Gasteiger charge is 2.41. The van der Waals surface area contributed by atoms with Gasteiger partial charge in [0.1, 0.15) is 12.2 Å². The zero-order valence-electron chi connectivity index (χ0n) is 26.2. The molecule has 1 fully saturated rings. The second kappa shape index (κ2) is 16.1. The molecule has 248 valence electrons. The lowest BCUT2D eigenvalue weighted by Crippen LogP contribution is -2.55. The SMILES string of the molecule is COc1cc(CO)cc(I)c1O[C@H]1C=C(C(=O)NCCO)C[C@@H](N(CCc2cc3ccccc3[nH]2)C(=O)CCC2CCCC2)[C@@H]1O. The summed E-state index contributed by atoms with van der Waals surface area (Å²) in [7, 11) is 1.50. The summed E-state index contributed by atoms with van der Waals surface area (Å²) in [6, 6.07) is 12.8. The van der Waals surface area contributed by atoms with E-state index < -0.39 is 18.2 Å². The van der Waals surface area contributed by atoms with Crippen molar-refractivity contribution in [3.05, 3.63) is 68.9 Å². The summed E-state index contributed by atoms with van der Waals surface area (Å²) in [4.78, 5) is 32.5. The molecule has 10 nitrogen and oxygen atoms in total. The summed E-state index contributed by atoms with van der Waals surface area (Å²) in [6.45, 7) is 0.0358. The van der Waals surface area contributed by atoms with E-state index in [0.717, 1.165) is 35.9 Å². The molecule has 1 heterocycles. The van der Waals surface area contributed by atoms with E-state index in [1.165, 1.54) is 20.0 Å². The molecular formula is C35H44IN3O7. The first-order valence-electron chi connectivity index (χ1n) is 16.1. The summed E-state index contributed by atoms with van der Waals surface area (Å²) < 4.78 is 12.6. The third kappa shape index (κ3) is 8.23.